The van der Waals surface area contributed by atoms with Crippen LogP contribution >= 0.6 is 46.3 Å². The highest BCUT2D eigenvalue weighted by Gasteiger charge is 2.12. The first-order valence-electron chi connectivity index (χ1n) is 6.25. The molecule has 0 atom stereocenters. The number of halogens is 2. The molecule has 22 heavy (non-hydrogen) atoms. The molecule has 0 saturated heterocycles. The maximum absolute atomic E-state index is 11.0. The first kappa shape index (κ1) is 15.6. The SMILES string of the molecule is O=C(O)Cc1ccc(Cl)cc1Sc1nc2cc(Cl)ccc2s1. The van der Waals surface area contributed by atoms with Gasteiger partial charge in [0.15, 0.2) is 4.34 Å². The lowest BCUT2D eigenvalue weighted by Crippen LogP contribution is -2.01. The van der Waals surface area contributed by atoms with E-state index in [1.807, 2.05) is 18.2 Å². The van der Waals surface area contributed by atoms with Crippen LogP contribution in [0.4, 0.5) is 0 Å². The van der Waals surface area contributed by atoms with Gasteiger partial charge >= 0.3 is 5.97 Å². The van der Waals surface area contributed by atoms with E-state index in [0.717, 1.165) is 25.0 Å². The summed E-state index contributed by atoms with van der Waals surface area (Å²) in [5, 5.41) is 10.2. The summed E-state index contributed by atoms with van der Waals surface area (Å²) in [7, 11) is 0. The van der Waals surface area contributed by atoms with Crippen LogP contribution in [0.3, 0.4) is 0 Å². The first-order chi connectivity index (χ1) is 10.5. The zero-order valence-corrected chi connectivity index (χ0v) is 14.2. The van der Waals surface area contributed by atoms with Crippen LogP contribution in [0.25, 0.3) is 10.2 Å². The molecule has 0 aliphatic heterocycles. The fourth-order valence-corrected chi connectivity index (χ4v) is 4.52. The van der Waals surface area contributed by atoms with Crippen LogP contribution in [-0.4, -0.2) is 16.1 Å². The molecular formula is C15H9Cl2NO2S2. The Labute approximate surface area is 144 Å². The largest absolute Gasteiger partial charge is 0.481 e. The minimum atomic E-state index is -0.875. The maximum atomic E-state index is 11.0. The lowest BCUT2D eigenvalue weighted by Gasteiger charge is -2.06. The van der Waals surface area contributed by atoms with Gasteiger partial charge in [-0.05, 0) is 35.9 Å². The van der Waals surface area contributed by atoms with E-state index < -0.39 is 5.97 Å². The lowest BCUT2D eigenvalue weighted by molar-refractivity contribution is -0.136. The Hall–Kier alpha value is -1.27. The second kappa shape index (κ2) is 6.46. The summed E-state index contributed by atoms with van der Waals surface area (Å²) in [6, 6.07) is 10.8. The third kappa shape index (κ3) is 3.55. The van der Waals surface area contributed by atoms with Crippen LogP contribution in [-0.2, 0) is 11.2 Å². The summed E-state index contributed by atoms with van der Waals surface area (Å²) in [6.07, 6.45) is -0.0454. The van der Waals surface area contributed by atoms with Crippen LogP contribution < -0.4 is 0 Å². The highest BCUT2D eigenvalue weighted by atomic mass is 35.5. The minimum absolute atomic E-state index is 0.0454. The van der Waals surface area contributed by atoms with Gasteiger partial charge in [-0.1, -0.05) is 41.0 Å². The molecule has 0 radical (unpaired) electrons. The number of nitrogens with zero attached hydrogens (tertiary/aromatic N) is 1. The molecule has 1 heterocycles. The van der Waals surface area contributed by atoms with Crippen molar-refractivity contribution in [2.75, 3.05) is 0 Å². The Morgan fingerprint density at radius 2 is 1.91 bits per heavy atom. The molecule has 7 heteroatoms. The number of hydrogen-bond donors (Lipinski definition) is 1. The monoisotopic (exact) mass is 369 g/mol. The molecule has 0 amide bonds. The number of fused-ring (bicyclic) bond motifs is 1. The van der Waals surface area contributed by atoms with Crippen molar-refractivity contribution in [2.24, 2.45) is 0 Å². The molecule has 1 N–H and O–H groups in total. The number of benzene rings is 2. The Morgan fingerprint density at radius 3 is 2.68 bits per heavy atom. The van der Waals surface area contributed by atoms with Crippen molar-refractivity contribution in [1.29, 1.82) is 0 Å². The molecule has 0 aliphatic carbocycles. The summed E-state index contributed by atoms with van der Waals surface area (Å²) in [6.45, 7) is 0. The summed E-state index contributed by atoms with van der Waals surface area (Å²) in [5.41, 5.74) is 1.56. The Morgan fingerprint density at radius 1 is 1.18 bits per heavy atom. The molecule has 0 spiro atoms. The highest BCUT2D eigenvalue weighted by Crippen LogP contribution is 2.37. The zero-order valence-electron chi connectivity index (χ0n) is 11.0. The van der Waals surface area contributed by atoms with E-state index in [-0.39, 0.29) is 6.42 Å². The van der Waals surface area contributed by atoms with Gasteiger partial charge in [-0.25, -0.2) is 4.98 Å². The van der Waals surface area contributed by atoms with E-state index in [2.05, 4.69) is 4.98 Å². The number of hydrogen-bond acceptors (Lipinski definition) is 4. The Balaban J connectivity index is 1.96. The van der Waals surface area contributed by atoms with Gasteiger partial charge < -0.3 is 5.11 Å². The van der Waals surface area contributed by atoms with Crippen LogP contribution in [0, 0.1) is 0 Å². The van der Waals surface area contributed by atoms with Crippen molar-refractivity contribution in [2.45, 2.75) is 15.7 Å². The van der Waals surface area contributed by atoms with Crippen molar-refractivity contribution in [1.82, 2.24) is 4.98 Å². The smallest absolute Gasteiger partial charge is 0.307 e. The van der Waals surface area contributed by atoms with Gasteiger partial charge in [0.2, 0.25) is 0 Å². The second-order valence-corrected chi connectivity index (χ2v) is 7.71. The summed E-state index contributed by atoms with van der Waals surface area (Å²) < 4.78 is 1.86. The van der Waals surface area contributed by atoms with Crippen LogP contribution in [0.5, 0.6) is 0 Å². The van der Waals surface area contributed by atoms with Crippen molar-refractivity contribution in [3.05, 3.63) is 52.0 Å². The zero-order chi connectivity index (χ0) is 15.7. The van der Waals surface area contributed by atoms with E-state index in [1.165, 1.54) is 23.1 Å². The fourth-order valence-electron chi connectivity index (χ4n) is 1.95. The van der Waals surface area contributed by atoms with Crippen molar-refractivity contribution >= 4 is 62.5 Å². The van der Waals surface area contributed by atoms with Crippen molar-refractivity contribution < 1.29 is 9.90 Å². The van der Waals surface area contributed by atoms with Gasteiger partial charge in [0.25, 0.3) is 0 Å². The van der Waals surface area contributed by atoms with Gasteiger partial charge in [0, 0.05) is 14.9 Å². The normalized spacial score (nSPS) is 11.0. The molecular weight excluding hydrogens is 361 g/mol. The molecule has 1 aromatic heterocycles. The Kier molecular flexibility index (Phi) is 4.59. The average molecular weight is 370 g/mol. The van der Waals surface area contributed by atoms with E-state index in [4.69, 9.17) is 28.3 Å². The quantitative estimate of drug-likeness (QED) is 0.670. The molecule has 0 bridgehead atoms. The molecule has 2 aromatic carbocycles. The third-order valence-electron chi connectivity index (χ3n) is 2.90. The van der Waals surface area contributed by atoms with Gasteiger partial charge in [-0.15, -0.1) is 11.3 Å². The number of thiazole rings is 1. The number of carboxylic acids is 1. The number of carboxylic acid groups (broad SMARTS) is 1. The lowest BCUT2D eigenvalue weighted by atomic mass is 10.1. The maximum Gasteiger partial charge on any atom is 0.307 e. The van der Waals surface area contributed by atoms with Gasteiger partial charge in [0.1, 0.15) is 0 Å². The Bertz CT molecular complexity index is 864. The van der Waals surface area contributed by atoms with Gasteiger partial charge in [-0.3, -0.25) is 4.79 Å². The van der Waals surface area contributed by atoms with E-state index in [9.17, 15) is 4.79 Å². The molecule has 112 valence electrons. The fraction of sp³-hybridized carbons (Fsp3) is 0.0667. The van der Waals surface area contributed by atoms with E-state index in [1.54, 1.807) is 18.2 Å². The molecule has 0 saturated carbocycles. The number of carbonyl (C=O) groups is 1. The van der Waals surface area contributed by atoms with E-state index in [0.29, 0.717) is 10.0 Å². The molecule has 3 aromatic rings. The summed E-state index contributed by atoms with van der Waals surface area (Å²) >= 11 is 14.9. The van der Waals surface area contributed by atoms with Crippen molar-refractivity contribution in [3.8, 4) is 0 Å². The number of aromatic nitrogens is 1. The molecule has 3 nitrogen and oxygen atoms in total. The van der Waals surface area contributed by atoms with Crippen LogP contribution in [0.15, 0.2) is 45.6 Å². The molecule has 0 unspecified atom stereocenters. The summed E-state index contributed by atoms with van der Waals surface area (Å²) in [4.78, 5) is 16.3. The highest BCUT2D eigenvalue weighted by molar-refractivity contribution is 8.01. The first-order valence-corrected chi connectivity index (χ1v) is 8.64. The topological polar surface area (TPSA) is 50.2 Å². The minimum Gasteiger partial charge on any atom is -0.481 e. The second-order valence-electron chi connectivity index (χ2n) is 4.52. The predicted molar refractivity (Wildman–Crippen MR) is 91.5 cm³/mol. The molecule has 3 rings (SSSR count). The molecule has 0 aliphatic rings. The number of aliphatic carboxylic acids is 1. The van der Waals surface area contributed by atoms with E-state index >= 15 is 0 Å². The third-order valence-corrected chi connectivity index (χ3v) is 5.57. The predicted octanol–water partition coefficient (Wildman–Crippen LogP) is 5.38. The average Bonchev–Trinajstić information content (AvgIpc) is 2.83. The van der Waals surface area contributed by atoms with Gasteiger partial charge in [0.05, 0.1) is 16.6 Å². The van der Waals surface area contributed by atoms with Crippen LogP contribution in [0.2, 0.25) is 10.0 Å². The van der Waals surface area contributed by atoms with Crippen molar-refractivity contribution in [3.63, 3.8) is 0 Å². The standard InChI is InChI=1S/C15H9Cl2NO2S2/c16-9-3-4-12-11(6-9)18-15(21-12)22-13-7-10(17)2-1-8(13)5-14(19)20/h1-4,6-7H,5H2,(H,19,20). The van der Waals surface area contributed by atoms with Gasteiger partial charge in [-0.2, -0.15) is 0 Å². The number of rotatable bonds is 4. The molecule has 0 fully saturated rings. The van der Waals surface area contributed by atoms with Crippen LogP contribution in [0.1, 0.15) is 5.56 Å². The summed E-state index contributed by atoms with van der Waals surface area (Å²) in [5.74, 6) is -0.875.